The second-order valence-corrected chi connectivity index (χ2v) is 5.04. The van der Waals surface area contributed by atoms with E-state index in [-0.39, 0.29) is 5.91 Å². The molecule has 6 nitrogen and oxygen atoms in total. The van der Waals surface area contributed by atoms with E-state index in [1.165, 1.54) is 12.8 Å². The Hall–Kier alpha value is -1.14. The van der Waals surface area contributed by atoms with Crippen LogP contribution in [-0.4, -0.2) is 29.6 Å². The molecule has 20 heavy (non-hydrogen) atoms. The Balaban J connectivity index is 3.95. The minimum atomic E-state index is -0.672. The molecule has 1 unspecified atom stereocenters. The SMILES string of the molecule is CCCCCCCC(=O)NC(CCCCN)C(=O)NO. The van der Waals surface area contributed by atoms with Crippen molar-refractivity contribution < 1.29 is 14.8 Å². The van der Waals surface area contributed by atoms with Crippen LogP contribution in [0.15, 0.2) is 0 Å². The van der Waals surface area contributed by atoms with Crippen LogP contribution in [0.25, 0.3) is 0 Å². The van der Waals surface area contributed by atoms with E-state index < -0.39 is 11.9 Å². The lowest BCUT2D eigenvalue weighted by Crippen LogP contribution is -2.45. The van der Waals surface area contributed by atoms with Gasteiger partial charge in [0, 0.05) is 6.42 Å². The first-order valence-corrected chi connectivity index (χ1v) is 7.59. The molecule has 0 spiro atoms. The van der Waals surface area contributed by atoms with E-state index in [1.54, 1.807) is 5.48 Å². The van der Waals surface area contributed by atoms with Gasteiger partial charge in [-0.1, -0.05) is 32.6 Å². The van der Waals surface area contributed by atoms with Gasteiger partial charge in [0.2, 0.25) is 5.91 Å². The zero-order valence-corrected chi connectivity index (χ0v) is 12.5. The van der Waals surface area contributed by atoms with Gasteiger partial charge in [-0.25, -0.2) is 5.48 Å². The molecule has 6 heteroatoms. The van der Waals surface area contributed by atoms with Crippen LogP contribution in [0.5, 0.6) is 0 Å². The molecule has 0 rings (SSSR count). The maximum absolute atomic E-state index is 11.7. The standard InChI is InChI=1S/C14H29N3O3/c1-2-3-4-5-6-10-13(18)16-12(14(19)17-20)9-7-8-11-15/h12,20H,2-11,15H2,1H3,(H,16,18)(H,17,19). The molecule has 0 bridgehead atoms. The predicted octanol–water partition coefficient (Wildman–Crippen LogP) is 1.47. The third kappa shape index (κ3) is 9.75. The number of hydrogen-bond donors (Lipinski definition) is 4. The van der Waals surface area contributed by atoms with Gasteiger partial charge in [-0.3, -0.25) is 14.8 Å². The monoisotopic (exact) mass is 287 g/mol. The summed E-state index contributed by atoms with van der Waals surface area (Å²) in [7, 11) is 0. The van der Waals surface area contributed by atoms with Gasteiger partial charge in [-0.05, 0) is 32.2 Å². The summed E-state index contributed by atoms with van der Waals surface area (Å²) >= 11 is 0. The fraction of sp³-hybridized carbons (Fsp3) is 0.857. The van der Waals surface area contributed by atoms with Crippen molar-refractivity contribution in [3.05, 3.63) is 0 Å². The number of nitrogens with one attached hydrogen (secondary N) is 2. The minimum absolute atomic E-state index is 0.136. The average molecular weight is 287 g/mol. The Morgan fingerprint density at radius 1 is 1.10 bits per heavy atom. The Labute approximate surface area is 121 Å². The van der Waals surface area contributed by atoms with Gasteiger partial charge in [0.1, 0.15) is 6.04 Å². The molecular formula is C14H29N3O3. The maximum atomic E-state index is 11.7. The van der Waals surface area contributed by atoms with E-state index in [4.69, 9.17) is 10.9 Å². The van der Waals surface area contributed by atoms with Crippen molar-refractivity contribution in [3.8, 4) is 0 Å². The van der Waals surface area contributed by atoms with Crippen LogP contribution in [0, 0.1) is 0 Å². The van der Waals surface area contributed by atoms with Crippen LogP contribution in [0.4, 0.5) is 0 Å². The van der Waals surface area contributed by atoms with E-state index >= 15 is 0 Å². The van der Waals surface area contributed by atoms with Crippen molar-refractivity contribution in [1.82, 2.24) is 10.8 Å². The molecule has 118 valence electrons. The molecule has 0 aromatic heterocycles. The van der Waals surface area contributed by atoms with Crippen LogP contribution < -0.4 is 16.5 Å². The van der Waals surface area contributed by atoms with Crippen molar-refractivity contribution in [2.75, 3.05) is 6.54 Å². The zero-order valence-electron chi connectivity index (χ0n) is 12.5. The van der Waals surface area contributed by atoms with Gasteiger partial charge < -0.3 is 11.1 Å². The van der Waals surface area contributed by atoms with Crippen molar-refractivity contribution in [2.45, 2.75) is 70.8 Å². The second kappa shape index (κ2) is 12.9. The minimum Gasteiger partial charge on any atom is -0.344 e. The molecule has 5 N–H and O–H groups in total. The summed E-state index contributed by atoms with van der Waals surface area (Å²) in [5.74, 6) is -0.704. The van der Waals surface area contributed by atoms with E-state index in [1.807, 2.05) is 0 Å². The molecule has 0 aliphatic rings. The van der Waals surface area contributed by atoms with Gasteiger partial charge in [-0.2, -0.15) is 0 Å². The number of carbonyl (C=O) groups is 2. The Bertz CT molecular complexity index is 272. The summed E-state index contributed by atoms with van der Waals surface area (Å²) < 4.78 is 0. The van der Waals surface area contributed by atoms with E-state index in [2.05, 4.69) is 12.2 Å². The molecule has 2 amide bonds. The van der Waals surface area contributed by atoms with Crippen molar-refractivity contribution in [1.29, 1.82) is 0 Å². The topological polar surface area (TPSA) is 104 Å². The van der Waals surface area contributed by atoms with Gasteiger partial charge in [0.15, 0.2) is 0 Å². The van der Waals surface area contributed by atoms with Gasteiger partial charge in [-0.15, -0.1) is 0 Å². The molecule has 0 saturated carbocycles. The van der Waals surface area contributed by atoms with Crippen molar-refractivity contribution >= 4 is 11.8 Å². The number of amides is 2. The van der Waals surface area contributed by atoms with Crippen LogP contribution in [0.2, 0.25) is 0 Å². The normalized spacial score (nSPS) is 11.9. The number of rotatable bonds is 12. The highest BCUT2D eigenvalue weighted by molar-refractivity contribution is 5.86. The number of carbonyl (C=O) groups excluding carboxylic acids is 2. The largest absolute Gasteiger partial charge is 0.344 e. The highest BCUT2D eigenvalue weighted by Gasteiger charge is 2.19. The van der Waals surface area contributed by atoms with Gasteiger partial charge in [0.25, 0.3) is 5.91 Å². The zero-order chi connectivity index (χ0) is 15.2. The summed E-state index contributed by atoms with van der Waals surface area (Å²) in [4.78, 5) is 23.2. The third-order valence-electron chi connectivity index (χ3n) is 3.22. The summed E-state index contributed by atoms with van der Waals surface area (Å²) in [5, 5.41) is 11.3. The molecule has 0 aliphatic heterocycles. The van der Waals surface area contributed by atoms with Crippen molar-refractivity contribution in [3.63, 3.8) is 0 Å². The summed E-state index contributed by atoms with van der Waals surface area (Å²) in [6.45, 7) is 2.70. The van der Waals surface area contributed by atoms with Crippen molar-refractivity contribution in [2.24, 2.45) is 5.73 Å². The lowest BCUT2D eigenvalue weighted by atomic mass is 10.1. The van der Waals surface area contributed by atoms with Gasteiger partial charge in [0.05, 0.1) is 0 Å². The lowest BCUT2D eigenvalue weighted by molar-refractivity contribution is -0.135. The van der Waals surface area contributed by atoms with Gasteiger partial charge >= 0.3 is 0 Å². The fourth-order valence-electron chi connectivity index (χ4n) is 2.00. The van der Waals surface area contributed by atoms with Crippen LogP contribution in [0.3, 0.4) is 0 Å². The quantitative estimate of drug-likeness (QED) is 0.248. The van der Waals surface area contributed by atoms with E-state index in [9.17, 15) is 9.59 Å². The molecule has 0 aromatic rings. The fourth-order valence-corrected chi connectivity index (χ4v) is 2.00. The first-order valence-electron chi connectivity index (χ1n) is 7.59. The molecule has 0 saturated heterocycles. The first-order chi connectivity index (χ1) is 9.65. The van der Waals surface area contributed by atoms with Crippen LogP contribution in [0.1, 0.15) is 64.7 Å². The highest BCUT2D eigenvalue weighted by Crippen LogP contribution is 2.06. The maximum Gasteiger partial charge on any atom is 0.265 e. The predicted molar refractivity (Wildman–Crippen MR) is 78.1 cm³/mol. The number of hydrogen-bond acceptors (Lipinski definition) is 4. The summed E-state index contributed by atoms with van der Waals surface area (Å²) in [6, 6.07) is -0.672. The molecule has 0 heterocycles. The average Bonchev–Trinajstić information content (AvgIpc) is 2.45. The molecule has 0 aliphatic carbocycles. The van der Waals surface area contributed by atoms with E-state index in [0.29, 0.717) is 19.4 Å². The molecule has 0 aromatic carbocycles. The highest BCUT2D eigenvalue weighted by atomic mass is 16.5. The van der Waals surface area contributed by atoms with Crippen LogP contribution in [-0.2, 0) is 9.59 Å². The summed E-state index contributed by atoms with van der Waals surface area (Å²) in [5.41, 5.74) is 6.99. The molecular weight excluding hydrogens is 258 g/mol. The van der Waals surface area contributed by atoms with Crippen LogP contribution >= 0.6 is 0 Å². The first kappa shape index (κ1) is 18.9. The molecule has 1 atom stereocenters. The number of nitrogens with two attached hydrogens (primary N) is 1. The Morgan fingerprint density at radius 3 is 2.40 bits per heavy atom. The van der Waals surface area contributed by atoms with E-state index in [0.717, 1.165) is 32.1 Å². The molecule has 0 radical (unpaired) electrons. The Kier molecular flexibility index (Phi) is 12.1. The second-order valence-electron chi connectivity index (χ2n) is 5.04. The lowest BCUT2D eigenvalue weighted by Gasteiger charge is -2.16. The Morgan fingerprint density at radius 2 is 1.80 bits per heavy atom. The number of unbranched alkanes of at least 4 members (excludes halogenated alkanes) is 5. The number of hydroxylamine groups is 1. The third-order valence-corrected chi connectivity index (χ3v) is 3.22. The smallest absolute Gasteiger partial charge is 0.265 e. The molecule has 0 fully saturated rings. The summed E-state index contributed by atoms with van der Waals surface area (Å²) in [6.07, 6.45) is 7.82.